The van der Waals surface area contributed by atoms with Gasteiger partial charge in [0.1, 0.15) is 0 Å². The third-order valence-electron chi connectivity index (χ3n) is 5.76. The van der Waals surface area contributed by atoms with Crippen LogP contribution in [0.2, 0.25) is 0 Å². The maximum Gasteiger partial charge on any atom is 0.314 e. The van der Waals surface area contributed by atoms with E-state index in [2.05, 4.69) is 29.4 Å². The molecule has 0 spiro atoms. The van der Waals surface area contributed by atoms with Gasteiger partial charge in [-0.25, -0.2) is 4.79 Å². The van der Waals surface area contributed by atoms with Gasteiger partial charge in [0.25, 0.3) is 0 Å². The average Bonchev–Trinajstić information content (AvgIpc) is 2.68. The predicted molar refractivity (Wildman–Crippen MR) is 124 cm³/mol. The molecule has 0 fully saturated rings. The number of amides is 2. The third kappa shape index (κ3) is 20.0. The average molecular weight is 398 g/mol. The van der Waals surface area contributed by atoms with Crippen molar-refractivity contribution in [2.75, 3.05) is 27.2 Å². The number of rotatable bonds is 20. The SMILES string of the molecule is CCCCCCCCCCCCCCCCCCNC(=O)NCC(C)N(C)C. The van der Waals surface area contributed by atoms with Gasteiger partial charge in [0, 0.05) is 19.1 Å². The number of nitrogens with one attached hydrogen (secondary N) is 2. The Hall–Kier alpha value is -0.770. The van der Waals surface area contributed by atoms with Crippen LogP contribution in [0.15, 0.2) is 0 Å². The summed E-state index contributed by atoms with van der Waals surface area (Å²) in [5.74, 6) is 0. The molecule has 28 heavy (non-hydrogen) atoms. The highest BCUT2D eigenvalue weighted by atomic mass is 16.2. The summed E-state index contributed by atoms with van der Waals surface area (Å²) in [5.41, 5.74) is 0. The van der Waals surface area contributed by atoms with E-state index in [9.17, 15) is 4.79 Å². The van der Waals surface area contributed by atoms with Crippen molar-refractivity contribution in [1.82, 2.24) is 15.5 Å². The van der Waals surface area contributed by atoms with Gasteiger partial charge < -0.3 is 15.5 Å². The van der Waals surface area contributed by atoms with Crippen molar-refractivity contribution >= 4 is 6.03 Å². The van der Waals surface area contributed by atoms with E-state index in [0.29, 0.717) is 12.6 Å². The van der Waals surface area contributed by atoms with Gasteiger partial charge in [0.15, 0.2) is 0 Å². The monoisotopic (exact) mass is 397 g/mol. The van der Waals surface area contributed by atoms with Crippen LogP contribution in [0.1, 0.15) is 117 Å². The molecular formula is C24H51N3O. The lowest BCUT2D eigenvalue weighted by Crippen LogP contribution is -2.43. The topological polar surface area (TPSA) is 44.4 Å². The van der Waals surface area contributed by atoms with Crippen molar-refractivity contribution in [3.05, 3.63) is 0 Å². The van der Waals surface area contributed by atoms with Crippen molar-refractivity contribution in [2.45, 2.75) is 123 Å². The highest BCUT2D eigenvalue weighted by Gasteiger charge is 2.06. The van der Waals surface area contributed by atoms with Gasteiger partial charge in [0.05, 0.1) is 0 Å². The molecule has 0 aliphatic carbocycles. The Bertz CT molecular complexity index is 334. The molecule has 0 heterocycles. The maximum absolute atomic E-state index is 11.7. The number of nitrogens with zero attached hydrogens (tertiary/aromatic N) is 1. The van der Waals surface area contributed by atoms with E-state index in [4.69, 9.17) is 0 Å². The maximum atomic E-state index is 11.7. The van der Waals surface area contributed by atoms with Gasteiger partial charge in [-0.2, -0.15) is 0 Å². The molecule has 0 saturated carbocycles. The lowest BCUT2D eigenvalue weighted by Gasteiger charge is -2.20. The molecule has 0 aromatic heterocycles. The summed E-state index contributed by atoms with van der Waals surface area (Å²) in [5, 5.41) is 5.88. The van der Waals surface area contributed by atoms with Crippen LogP contribution >= 0.6 is 0 Å². The lowest BCUT2D eigenvalue weighted by molar-refractivity contribution is 0.234. The van der Waals surface area contributed by atoms with Crippen LogP contribution < -0.4 is 10.6 Å². The first kappa shape index (κ1) is 27.2. The van der Waals surface area contributed by atoms with Crippen molar-refractivity contribution in [2.24, 2.45) is 0 Å². The second-order valence-corrected chi connectivity index (χ2v) is 8.75. The molecule has 0 rings (SSSR count). The van der Waals surface area contributed by atoms with E-state index in [0.717, 1.165) is 13.0 Å². The molecular weight excluding hydrogens is 346 g/mol. The molecule has 4 nitrogen and oxygen atoms in total. The predicted octanol–water partition coefficient (Wildman–Crippen LogP) is 6.50. The second kappa shape index (κ2) is 21.0. The summed E-state index contributed by atoms with van der Waals surface area (Å²) in [4.78, 5) is 13.8. The molecule has 0 saturated heterocycles. The van der Waals surface area contributed by atoms with E-state index in [1.54, 1.807) is 0 Å². The zero-order valence-electron chi connectivity index (χ0n) is 19.7. The van der Waals surface area contributed by atoms with E-state index < -0.39 is 0 Å². The zero-order valence-corrected chi connectivity index (χ0v) is 19.7. The first-order chi connectivity index (χ1) is 13.6. The molecule has 0 radical (unpaired) electrons. The van der Waals surface area contributed by atoms with E-state index >= 15 is 0 Å². The number of likely N-dealkylation sites (N-methyl/N-ethyl adjacent to an activating group) is 1. The van der Waals surface area contributed by atoms with Crippen LogP contribution in [-0.2, 0) is 0 Å². The Balaban J connectivity index is 3.16. The standard InChI is InChI=1S/C24H51N3O/c1-5-6-7-8-9-10-11-12-13-14-15-16-17-18-19-20-21-25-24(28)26-22-23(2)27(3)4/h23H,5-22H2,1-4H3,(H2,25,26,28). The summed E-state index contributed by atoms with van der Waals surface area (Å²) < 4.78 is 0. The van der Waals surface area contributed by atoms with Crippen molar-refractivity contribution in [3.63, 3.8) is 0 Å². The van der Waals surface area contributed by atoms with Crippen molar-refractivity contribution in [1.29, 1.82) is 0 Å². The van der Waals surface area contributed by atoms with Gasteiger partial charge in [-0.15, -0.1) is 0 Å². The fourth-order valence-electron chi connectivity index (χ4n) is 3.36. The molecule has 0 aliphatic rings. The summed E-state index contributed by atoms with van der Waals surface area (Å²) >= 11 is 0. The second-order valence-electron chi connectivity index (χ2n) is 8.75. The fraction of sp³-hybridized carbons (Fsp3) is 0.958. The summed E-state index contributed by atoms with van der Waals surface area (Å²) in [7, 11) is 4.06. The molecule has 2 N–H and O–H groups in total. The minimum absolute atomic E-state index is 0.0327. The Morgan fingerprint density at radius 2 is 1.07 bits per heavy atom. The first-order valence-corrected chi connectivity index (χ1v) is 12.3. The summed E-state index contributed by atoms with van der Waals surface area (Å²) in [6.45, 7) is 5.88. The Morgan fingerprint density at radius 3 is 1.46 bits per heavy atom. The molecule has 1 unspecified atom stereocenters. The van der Waals surface area contributed by atoms with Gasteiger partial charge in [0.2, 0.25) is 0 Å². The number of carbonyl (C=O) groups excluding carboxylic acids is 1. The number of hydrogen-bond donors (Lipinski definition) is 2. The number of unbranched alkanes of at least 4 members (excludes halogenated alkanes) is 15. The van der Waals surface area contributed by atoms with Gasteiger partial charge in [-0.3, -0.25) is 0 Å². The van der Waals surface area contributed by atoms with Crippen molar-refractivity contribution in [3.8, 4) is 0 Å². The minimum Gasteiger partial charge on any atom is -0.338 e. The van der Waals surface area contributed by atoms with E-state index in [1.807, 2.05) is 14.1 Å². The summed E-state index contributed by atoms with van der Waals surface area (Å²) in [6, 6.07) is 0.330. The molecule has 4 heteroatoms. The lowest BCUT2D eigenvalue weighted by atomic mass is 10.0. The van der Waals surface area contributed by atoms with Crippen LogP contribution in [0.4, 0.5) is 4.79 Å². The normalized spacial score (nSPS) is 12.3. The zero-order chi connectivity index (χ0) is 20.9. The van der Waals surface area contributed by atoms with E-state index in [-0.39, 0.29) is 6.03 Å². The van der Waals surface area contributed by atoms with Crippen LogP contribution in [0, 0.1) is 0 Å². The fourth-order valence-corrected chi connectivity index (χ4v) is 3.36. The Morgan fingerprint density at radius 1 is 0.679 bits per heavy atom. The largest absolute Gasteiger partial charge is 0.338 e. The molecule has 168 valence electrons. The van der Waals surface area contributed by atoms with Crippen LogP contribution in [0.5, 0.6) is 0 Å². The summed E-state index contributed by atoms with van der Waals surface area (Å²) in [6.07, 6.45) is 22.1. The third-order valence-corrected chi connectivity index (χ3v) is 5.76. The Labute approximate surface area is 176 Å². The quantitative estimate of drug-likeness (QED) is 0.230. The van der Waals surface area contributed by atoms with Gasteiger partial charge in [-0.1, -0.05) is 103 Å². The van der Waals surface area contributed by atoms with E-state index in [1.165, 1.54) is 96.3 Å². The first-order valence-electron chi connectivity index (χ1n) is 12.3. The molecule has 0 bridgehead atoms. The molecule has 0 aliphatic heterocycles. The Kier molecular flexibility index (Phi) is 20.4. The van der Waals surface area contributed by atoms with Crippen LogP contribution in [0.25, 0.3) is 0 Å². The molecule has 2 amide bonds. The number of hydrogen-bond acceptors (Lipinski definition) is 2. The van der Waals surface area contributed by atoms with Crippen LogP contribution in [0.3, 0.4) is 0 Å². The molecule has 0 aromatic rings. The van der Waals surface area contributed by atoms with Gasteiger partial charge in [-0.05, 0) is 27.4 Å². The smallest absolute Gasteiger partial charge is 0.314 e. The minimum atomic E-state index is -0.0327. The number of urea groups is 1. The highest BCUT2D eigenvalue weighted by Crippen LogP contribution is 2.13. The van der Waals surface area contributed by atoms with Gasteiger partial charge >= 0.3 is 6.03 Å². The molecule has 0 aromatic carbocycles. The molecule has 1 atom stereocenters. The number of carbonyl (C=O) groups is 1. The highest BCUT2D eigenvalue weighted by molar-refractivity contribution is 5.73. The van der Waals surface area contributed by atoms with Crippen LogP contribution in [-0.4, -0.2) is 44.2 Å². The van der Waals surface area contributed by atoms with Crippen molar-refractivity contribution < 1.29 is 4.79 Å².